The van der Waals surface area contributed by atoms with Gasteiger partial charge in [-0.2, -0.15) is 0 Å². The number of rotatable bonds is 6. The van der Waals surface area contributed by atoms with Gasteiger partial charge in [0.1, 0.15) is 11.5 Å². The van der Waals surface area contributed by atoms with Crippen molar-refractivity contribution in [3.8, 4) is 11.5 Å². The number of benzene rings is 4. The molecule has 29 heavy (non-hydrogen) atoms. The maximum atomic E-state index is 13.7. The number of carbonyl (C=O) groups is 1. The van der Waals surface area contributed by atoms with Crippen LogP contribution in [0.15, 0.2) is 97.1 Å². The predicted molar refractivity (Wildman–Crippen MR) is 117 cm³/mol. The van der Waals surface area contributed by atoms with E-state index in [1.807, 2.05) is 60.7 Å². The standard InChI is InChI=1S/C24H19O4P/c1-2-9-24(25)29(26,27-22-16-7-12-18-10-3-5-14-20(18)22)28-23-17-8-13-19-11-4-6-15-21(19)23/h2-17H,1H3. The van der Waals surface area contributed by atoms with Crippen molar-refractivity contribution in [1.82, 2.24) is 0 Å². The van der Waals surface area contributed by atoms with Gasteiger partial charge in [0.25, 0.3) is 5.52 Å². The zero-order valence-electron chi connectivity index (χ0n) is 15.8. The van der Waals surface area contributed by atoms with Crippen LogP contribution in [0, 0.1) is 0 Å². The summed E-state index contributed by atoms with van der Waals surface area (Å²) in [5, 5.41) is 3.34. The fraction of sp³-hybridized carbons (Fsp3) is 0.0417. The molecule has 0 unspecified atom stereocenters. The Morgan fingerprint density at radius 3 is 1.66 bits per heavy atom. The monoisotopic (exact) mass is 402 g/mol. The summed E-state index contributed by atoms with van der Waals surface area (Å²) in [6.45, 7) is 1.68. The van der Waals surface area contributed by atoms with Crippen LogP contribution in [0.3, 0.4) is 0 Å². The number of carbonyl (C=O) groups excluding carboxylic acids is 1. The molecule has 0 N–H and O–H groups in total. The van der Waals surface area contributed by atoms with E-state index in [4.69, 9.17) is 9.05 Å². The molecule has 0 aromatic heterocycles. The van der Waals surface area contributed by atoms with E-state index in [1.54, 1.807) is 31.2 Å². The Hall–Kier alpha value is -3.36. The molecule has 0 aliphatic rings. The smallest absolute Gasteiger partial charge is 0.410 e. The molecule has 0 saturated carbocycles. The van der Waals surface area contributed by atoms with E-state index < -0.39 is 13.1 Å². The van der Waals surface area contributed by atoms with Gasteiger partial charge in [-0.1, -0.05) is 78.9 Å². The maximum absolute atomic E-state index is 13.7. The lowest BCUT2D eigenvalue weighted by Crippen LogP contribution is -2.10. The molecule has 0 fully saturated rings. The van der Waals surface area contributed by atoms with Crippen molar-refractivity contribution in [1.29, 1.82) is 0 Å². The molecule has 4 aromatic rings. The highest BCUT2D eigenvalue weighted by Crippen LogP contribution is 2.52. The largest absolute Gasteiger partial charge is 0.502 e. The van der Waals surface area contributed by atoms with Gasteiger partial charge < -0.3 is 9.05 Å². The third kappa shape index (κ3) is 3.80. The summed E-state index contributed by atoms with van der Waals surface area (Å²) < 4.78 is 25.3. The first-order valence-corrected chi connectivity index (χ1v) is 10.8. The Kier molecular flexibility index (Phi) is 5.20. The SMILES string of the molecule is CC=CC(=O)P(=O)(Oc1cccc2ccccc12)Oc1cccc2ccccc12. The van der Waals surface area contributed by atoms with Crippen molar-refractivity contribution in [3.63, 3.8) is 0 Å². The first-order valence-electron chi connectivity index (χ1n) is 9.23. The summed E-state index contributed by atoms with van der Waals surface area (Å²) in [6, 6.07) is 25.9. The number of fused-ring (bicyclic) bond motifs is 2. The van der Waals surface area contributed by atoms with Crippen molar-refractivity contribution in [2.75, 3.05) is 0 Å². The minimum Gasteiger partial charge on any atom is -0.410 e. The molecule has 0 atom stereocenters. The maximum Gasteiger partial charge on any atom is 0.502 e. The van der Waals surface area contributed by atoms with Gasteiger partial charge in [0.15, 0.2) is 0 Å². The Bertz CT molecular complexity index is 1180. The third-order valence-corrected chi connectivity index (χ3v) is 6.08. The average molecular weight is 402 g/mol. The van der Waals surface area contributed by atoms with E-state index in [1.165, 1.54) is 12.2 Å². The van der Waals surface area contributed by atoms with Gasteiger partial charge in [-0.3, -0.25) is 4.79 Å². The van der Waals surface area contributed by atoms with Crippen LogP contribution in [0.2, 0.25) is 0 Å². The molecule has 0 radical (unpaired) electrons. The lowest BCUT2D eigenvalue weighted by molar-refractivity contribution is -0.109. The molecule has 5 heteroatoms. The van der Waals surface area contributed by atoms with Crippen LogP contribution < -0.4 is 9.05 Å². The number of allylic oxidation sites excluding steroid dienone is 2. The molecule has 4 aromatic carbocycles. The second-order valence-corrected chi connectivity index (χ2v) is 8.27. The fourth-order valence-electron chi connectivity index (χ4n) is 3.15. The van der Waals surface area contributed by atoms with E-state index in [-0.39, 0.29) is 0 Å². The Labute approximate surface area is 168 Å². The van der Waals surface area contributed by atoms with Crippen LogP contribution in [0.25, 0.3) is 21.5 Å². The van der Waals surface area contributed by atoms with Gasteiger partial charge in [-0.25, -0.2) is 4.57 Å². The van der Waals surface area contributed by atoms with Crippen LogP contribution >= 0.6 is 7.60 Å². The van der Waals surface area contributed by atoms with Crippen LogP contribution in [0.5, 0.6) is 11.5 Å². The molecule has 0 saturated heterocycles. The van der Waals surface area contributed by atoms with Crippen molar-refractivity contribution in [2.24, 2.45) is 0 Å². The van der Waals surface area contributed by atoms with Crippen LogP contribution in [0.4, 0.5) is 0 Å². The van der Waals surface area contributed by atoms with Gasteiger partial charge >= 0.3 is 7.60 Å². The van der Waals surface area contributed by atoms with Crippen LogP contribution in [0.1, 0.15) is 6.92 Å². The van der Waals surface area contributed by atoms with Crippen molar-refractivity contribution >= 4 is 34.7 Å². The first-order chi connectivity index (χ1) is 14.1. The molecule has 0 spiro atoms. The molecule has 144 valence electrons. The minimum absolute atomic E-state index is 0.338. The molecule has 4 rings (SSSR count). The summed E-state index contributed by atoms with van der Waals surface area (Å²) in [5.74, 6) is 0.675. The Morgan fingerprint density at radius 2 is 1.17 bits per heavy atom. The second kappa shape index (κ2) is 7.94. The van der Waals surface area contributed by atoms with E-state index in [2.05, 4.69) is 0 Å². The third-order valence-electron chi connectivity index (χ3n) is 4.52. The lowest BCUT2D eigenvalue weighted by Gasteiger charge is -2.19. The summed E-state index contributed by atoms with van der Waals surface area (Å²) in [6.07, 6.45) is 2.74. The second-order valence-electron chi connectivity index (χ2n) is 6.47. The molecule has 4 nitrogen and oxygen atoms in total. The van der Waals surface area contributed by atoms with E-state index in [0.29, 0.717) is 11.5 Å². The van der Waals surface area contributed by atoms with Crippen molar-refractivity contribution in [3.05, 3.63) is 97.1 Å². The molecular formula is C24H19O4P. The molecule has 0 amide bonds. The Balaban J connectivity index is 1.80. The normalized spacial score (nSPS) is 11.8. The topological polar surface area (TPSA) is 52.6 Å². The molecular weight excluding hydrogens is 383 g/mol. The highest BCUT2D eigenvalue weighted by Gasteiger charge is 2.37. The summed E-state index contributed by atoms with van der Waals surface area (Å²) in [7, 11) is -4.21. The van der Waals surface area contributed by atoms with E-state index >= 15 is 0 Å². The number of hydrogen-bond acceptors (Lipinski definition) is 4. The molecule has 0 bridgehead atoms. The van der Waals surface area contributed by atoms with Crippen molar-refractivity contribution in [2.45, 2.75) is 6.92 Å². The van der Waals surface area contributed by atoms with Gasteiger partial charge in [0.2, 0.25) is 0 Å². The van der Waals surface area contributed by atoms with Gasteiger partial charge in [0, 0.05) is 10.8 Å². The van der Waals surface area contributed by atoms with E-state index in [9.17, 15) is 9.36 Å². The number of hydrogen-bond donors (Lipinski definition) is 0. The predicted octanol–water partition coefficient (Wildman–Crippen LogP) is 6.75. The lowest BCUT2D eigenvalue weighted by atomic mass is 10.1. The molecule has 0 aliphatic carbocycles. The van der Waals surface area contributed by atoms with Gasteiger partial charge in [-0.05, 0) is 35.9 Å². The highest BCUT2D eigenvalue weighted by atomic mass is 31.2. The Morgan fingerprint density at radius 1 is 0.724 bits per heavy atom. The quantitative estimate of drug-likeness (QED) is 0.264. The van der Waals surface area contributed by atoms with Crippen molar-refractivity contribution < 1.29 is 18.4 Å². The van der Waals surface area contributed by atoms with Crippen LogP contribution in [-0.4, -0.2) is 5.52 Å². The minimum atomic E-state index is -4.21. The zero-order chi connectivity index (χ0) is 20.3. The fourth-order valence-corrected chi connectivity index (χ4v) is 4.54. The first kappa shape index (κ1) is 19.0. The summed E-state index contributed by atoms with van der Waals surface area (Å²) in [4.78, 5) is 12.7. The summed E-state index contributed by atoms with van der Waals surface area (Å²) >= 11 is 0. The summed E-state index contributed by atoms with van der Waals surface area (Å²) in [5.41, 5.74) is -0.708. The van der Waals surface area contributed by atoms with Gasteiger partial charge in [0.05, 0.1) is 0 Å². The zero-order valence-corrected chi connectivity index (χ0v) is 16.7. The molecule has 0 aliphatic heterocycles. The van der Waals surface area contributed by atoms with Crippen LogP contribution in [-0.2, 0) is 9.36 Å². The van der Waals surface area contributed by atoms with E-state index in [0.717, 1.165) is 21.5 Å². The highest BCUT2D eigenvalue weighted by molar-refractivity contribution is 7.73. The average Bonchev–Trinajstić information content (AvgIpc) is 2.74. The van der Waals surface area contributed by atoms with Gasteiger partial charge in [-0.15, -0.1) is 0 Å². The molecule has 0 heterocycles.